The molecule has 2 N–H and O–H groups in total. The predicted octanol–water partition coefficient (Wildman–Crippen LogP) is 2.50. The molecule has 3 rings (SSSR count). The molecule has 0 bridgehead atoms. The smallest absolute Gasteiger partial charge is 0.237 e. The molecular weight excluding hydrogens is 354 g/mol. The lowest BCUT2D eigenvalue weighted by molar-refractivity contribution is -0.115. The van der Waals surface area contributed by atoms with Crippen LogP contribution in [0.4, 0.5) is 5.69 Å². The second-order valence-electron chi connectivity index (χ2n) is 5.37. The van der Waals surface area contributed by atoms with Crippen LogP contribution in [0, 0.1) is 0 Å². The van der Waals surface area contributed by atoms with Crippen molar-refractivity contribution in [1.29, 1.82) is 0 Å². The summed E-state index contributed by atoms with van der Waals surface area (Å²) >= 11 is 1.24. The summed E-state index contributed by atoms with van der Waals surface area (Å²) in [5.41, 5.74) is 1.37. The molecule has 9 heteroatoms. The Bertz CT molecular complexity index is 880. The molecule has 2 aromatic carbocycles. The third kappa shape index (κ3) is 4.12. The Morgan fingerprint density at radius 2 is 1.88 bits per heavy atom. The first-order chi connectivity index (χ1) is 12.6. The summed E-state index contributed by atoms with van der Waals surface area (Å²) in [4.78, 5) is 12.4. The van der Waals surface area contributed by atoms with E-state index in [0.29, 0.717) is 16.5 Å². The number of phenolic OH excluding ortho intramolecular Hbond substituents is 1. The highest BCUT2D eigenvalue weighted by Crippen LogP contribution is 2.25. The van der Waals surface area contributed by atoms with Gasteiger partial charge in [-0.25, -0.2) is 0 Å². The number of amides is 1. The van der Waals surface area contributed by atoms with Crippen molar-refractivity contribution in [3.8, 4) is 17.2 Å². The maximum atomic E-state index is 12.4. The van der Waals surface area contributed by atoms with Gasteiger partial charge in [-0.15, -0.1) is 5.10 Å². The Hall–Kier alpha value is -3.07. The van der Waals surface area contributed by atoms with Crippen LogP contribution in [0.25, 0.3) is 5.69 Å². The van der Waals surface area contributed by atoms with E-state index in [9.17, 15) is 9.90 Å². The zero-order chi connectivity index (χ0) is 18.5. The number of benzene rings is 2. The average molecular weight is 371 g/mol. The second kappa shape index (κ2) is 7.87. The van der Waals surface area contributed by atoms with Crippen LogP contribution in [0.3, 0.4) is 0 Å². The Balaban J connectivity index is 1.67. The van der Waals surface area contributed by atoms with Gasteiger partial charge in [0, 0.05) is 5.69 Å². The molecule has 0 aliphatic heterocycles. The third-order valence-electron chi connectivity index (χ3n) is 3.54. The molecule has 134 valence electrons. The van der Waals surface area contributed by atoms with E-state index in [4.69, 9.17) is 4.74 Å². The summed E-state index contributed by atoms with van der Waals surface area (Å²) < 4.78 is 6.61. The summed E-state index contributed by atoms with van der Waals surface area (Å²) in [5.74, 6) is 0.710. The Morgan fingerprint density at radius 3 is 2.54 bits per heavy atom. The van der Waals surface area contributed by atoms with Gasteiger partial charge in [0.05, 0.1) is 18.0 Å². The molecule has 0 aliphatic carbocycles. The van der Waals surface area contributed by atoms with Gasteiger partial charge < -0.3 is 15.2 Å². The van der Waals surface area contributed by atoms with Gasteiger partial charge in [-0.2, -0.15) is 4.68 Å². The van der Waals surface area contributed by atoms with Crippen LogP contribution in [0.1, 0.15) is 6.92 Å². The number of tetrazole rings is 1. The van der Waals surface area contributed by atoms with Crippen molar-refractivity contribution in [3.63, 3.8) is 0 Å². The number of hydrogen-bond donors (Lipinski definition) is 2. The molecule has 3 aromatic rings. The van der Waals surface area contributed by atoms with Crippen molar-refractivity contribution in [2.24, 2.45) is 0 Å². The van der Waals surface area contributed by atoms with Gasteiger partial charge in [0.1, 0.15) is 11.5 Å². The number of phenols is 1. The molecule has 0 saturated carbocycles. The second-order valence-corrected chi connectivity index (χ2v) is 6.68. The number of methoxy groups -OCH3 is 1. The largest absolute Gasteiger partial charge is 0.508 e. The van der Waals surface area contributed by atoms with Crippen LogP contribution in [-0.4, -0.2) is 43.6 Å². The fourth-order valence-electron chi connectivity index (χ4n) is 2.14. The fraction of sp³-hybridized carbons (Fsp3) is 0.176. The highest BCUT2D eigenvalue weighted by Gasteiger charge is 2.19. The van der Waals surface area contributed by atoms with Gasteiger partial charge >= 0.3 is 0 Å². The molecule has 1 amide bonds. The quantitative estimate of drug-likeness (QED) is 0.642. The minimum Gasteiger partial charge on any atom is -0.508 e. The van der Waals surface area contributed by atoms with E-state index >= 15 is 0 Å². The fourth-order valence-corrected chi connectivity index (χ4v) is 2.95. The van der Waals surface area contributed by atoms with E-state index in [2.05, 4.69) is 20.8 Å². The van der Waals surface area contributed by atoms with Crippen molar-refractivity contribution >= 4 is 23.4 Å². The molecule has 1 heterocycles. The van der Waals surface area contributed by atoms with Crippen LogP contribution < -0.4 is 10.1 Å². The van der Waals surface area contributed by atoms with E-state index < -0.39 is 5.25 Å². The van der Waals surface area contributed by atoms with Crippen LogP contribution in [0.2, 0.25) is 0 Å². The summed E-state index contributed by atoms with van der Waals surface area (Å²) in [5, 5.41) is 23.9. The average Bonchev–Trinajstić information content (AvgIpc) is 3.11. The number of hydrogen-bond acceptors (Lipinski definition) is 7. The Labute approximate surface area is 154 Å². The van der Waals surface area contributed by atoms with Gasteiger partial charge in [-0.05, 0) is 65.9 Å². The number of rotatable bonds is 6. The number of ether oxygens (including phenoxy) is 1. The molecule has 8 nitrogen and oxygen atoms in total. The van der Waals surface area contributed by atoms with Gasteiger partial charge in [-0.3, -0.25) is 4.79 Å². The molecule has 0 radical (unpaired) electrons. The lowest BCUT2D eigenvalue weighted by Crippen LogP contribution is -2.22. The van der Waals surface area contributed by atoms with E-state index in [1.54, 1.807) is 62.6 Å². The highest BCUT2D eigenvalue weighted by atomic mass is 32.2. The first kappa shape index (κ1) is 17.7. The van der Waals surface area contributed by atoms with E-state index in [0.717, 1.165) is 5.75 Å². The highest BCUT2D eigenvalue weighted by molar-refractivity contribution is 8.00. The maximum absolute atomic E-state index is 12.4. The number of anilines is 1. The topological polar surface area (TPSA) is 102 Å². The number of nitrogens with one attached hydrogen (secondary N) is 1. The molecule has 26 heavy (non-hydrogen) atoms. The summed E-state index contributed by atoms with van der Waals surface area (Å²) in [6.45, 7) is 1.78. The number of thioether (sulfide) groups is 1. The van der Waals surface area contributed by atoms with Crippen molar-refractivity contribution < 1.29 is 14.6 Å². The van der Waals surface area contributed by atoms with Crippen molar-refractivity contribution in [2.75, 3.05) is 12.4 Å². The summed E-state index contributed by atoms with van der Waals surface area (Å²) in [6, 6.07) is 13.6. The predicted molar refractivity (Wildman–Crippen MR) is 97.8 cm³/mol. The van der Waals surface area contributed by atoms with Crippen molar-refractivity contribution in [2.45, 2.75) is 17.3 Å². The maximum Gasteiger partial charge on any atom is 0.237 e. The van der Waals surface area contributed by atoms with Gasteiger partial charge in [0.2, 0.25) is 11.1 Å². The first-order valence-electron chi connectivity index (χ1n) is 7.76. The van der Waals surface area contributed by atoms with Crippen molar-refractivity contribution in [3.05, 3.63) is 48.5 Å². The minimum absolute atomic E-state index is 0.156. The zero-order valence-electron chi connectivity index (χ0n) is 14.2. The number of aromatic nitrogens is 4. The number of aromatic hydroxyl groups is 1. The number of carbonyl (C=O) groups excluding carboxylic acids is 1. The van der Waals surface area contributed by atoms with E-state index in [-0.39, 0.29) is 11.7 Å². The lowest BCUT2D eigenvalue weighted by atomic mass is 10.3. The van der Waals surface area contributed by atoms with Crippen LogP contribution >= 0.6 is 11.8 Å². The first-order valence-corrected chi connectivity index (χ1v) is 8.64. The monoisotopic (exact) mass is 371 g/mol. The molecule has 0 fully saturated rings. The number of carbonyl (C=O) groups is 1. The van der Waals surface area contributed by atoms with Crippen molar-refractivity contribution in [1.82, 2.24) is 20.2 Å². The molecule has 0 spiro atoms. The van der Waals surface area contributed by atoms with E-state index in [1.165, 1.54) is 16.4 Å². The summed E-state index contributed by atoms with van der Waals surface area (Å²) in [6.07, 6.45) is 0. The number of nitrogens with zero attached hydrogens (tertiary/aromatic N) is 4. The zero-order valence-corrected chi connectivity index (χ0v) is 15.0. The summed E-state index contributed by atoms with van der Waals surface area (Å²) in [7, 11) is 1.59. The van der Waals surface area contributed by atoms with Gasteiger partial charge in [0.15, 0.2) is 0 Å². The molecule has 1 atom stereocenters. The molecule has 0 unspecified atom stereocenters. The van der Waals surface area contributed by atoms with Crippen LogP contribution in [0.15, 0.2) is 53.7 Å². The van der Waals surface area contributed by atoms with Crippen LogP contribution in [0.5, 0.6) is 11.5 Å². The van der Waals surface area contributed by atoms with Gasteiger partial charge in [0.25, 0.3) is 0 Å². The Kier molecular flexibility index (Phi) is 5.37. The molecule has 0 aliphatic rings. The van der Waals surface area contributed by atoms with Crippen LogP contribution in [-0.2, 0) is 4.79 Å². The SMILES string of the molecule is COc1ccc(NC(=O)[C@@H](C)Sc2nnnn2-c2ccc(O)cc2)cc1. The molecular formula is C17H17N5O3S. The molecule has 0 saturated heterocycles. The minimum atomic E-state index is -0.418. The standard InChI is InChI=1S/C17H17N5O3S/c1-11(16(24)18-12-3-9-15(25-2)10-4-12)26-17-19-20-21-22(17)13-5-7-14(23)8-6-13/h3-11,23H,1-2H3,(H,18,24)/t11-/m1/s1. The third-order valence-corrected chi connectivity index (χ3v) is 4.58. The van der Waals surface area contributed by atoms with Gasteiger partial charge in [-0.1, -0.05) is 11.8 Å². The van der Waals surface area contributed by atoms with E-state index in [1.807, 2.05) is 0 Å². The molecule has 1 aromatic heterocycles. The lowest BCUT2D eigenvalue weighted by Gasteiger charge is -2.12. The normalized spacial score (nSPS) is 11.8. The Morgan fingerprint density at radius 1 is 1.19 bits per heavy atom.